The molecule has 4 nitrogen and oxygen atoms in total. The van der Waals surface area contributed by atoms with Crippen molar-refractivity contribution in [2.75, 3.05) is 0 Å². The molecule has 4 rings (SSSR count). The van der Waals surface area contributed by atoms with Crippen molar-refractivity contribution in [1.82, 2.24) is 15.1 Å². The molecule has 0 unspecified atom stereocenters. The number of carbonyl (C=O) groups is 1. The van der Waals surface area contributed by atoms with Crippen LogP contribution in [0.2, 0.25) is 0 Å². The van der Waals surface area contributed by atoms with Gasteiger partial charge in [0.05, 0.1) is 6.54 Å². The van der Waals surface area contributed by atoms with Gasteiger partial charge in [-0.2, -0.15) is 5.10 Å². The van der Waals surface area contributed by atoms with E-state index < -0.39 is 0 Å². The molecule has 1 heterocycles. The van der Waals surface area contributed by atoms with E-state index in [0.717, 1.165) is 23.2 Å². The first-order valence-corrected chi connectivity index (χ1v) is 9.68. The Bertz CT molecular complexity index is 1080. The molecular weight excluding hydrogens is 358 g/mol. The average molecular weight is 381 g/mol. The van der Waals surface area contributed by atoms with Gasteiger partial charge in [-0.15, -0.1) is 0 Å². The monoisotopic (exact) mass is 381 g/mol. The summed E-state index contributed by atoms with van der Waals surface area (Å²) in [7, 11) is 0. The maximum absolute atomic E-state index is 12.8. The molecule has 0 bridgehead atoms. The number of hydrogen-bond acceptors (Lipinski definition) is 2. The van der Waals surface area contributed by atoms with Crippen LogP contribution in [0.3, 0.4) is 0 Å². The Morgan fingerprint density at radius 2 is 1.62 bits per heavy atom. The number of aryl methyl sites for hydroxylation is 1. The Morgan fingerprint density at radius 1 is 0.897 bits per heavy atom. The zero-order valence-electron chi connectivity index (χ0n) is 16.4. The highest BCUT2D eigenvalue weighted by Gasteiger charge is 2.12. The van der Waals surface area contributed by atoms with Crippen molar-refractivity contribution in [3.05, 3.63) is 114 Å². The van der Waals surface area contributed by atoms with Crippen LogP contribution in [0.25, 0.3) is 11.1 Å². The van der Waals surface area contributed by atoms with E-state index in [1.54, 1.807) is 6.20 Å². The molecule has 0 atom stereocenters. The smallest absolute Gasteiger partial charge is 0.252 e. The molecule has 0 fully saturated rings. The number of benzene rings is 3. The summed E-state index contributed by atoms with van der Waals surface area (Å²) >= 11 is 0. The molecule has 0 saturated carbocycles. The molecule has 0 aliphatic heterocycles. The molecule has 144 valence electrons. The molecular formula is C25H23N3O. The highest BCUT2D eigenvalue weighted by molar-refractivity contribution is 6.00. The molecule has 0 saturated heterocycles. The molecule has 0 radical (unpaired) electrons. The number of amides is 1. The lowest BCUT2D eigenvalue weighted by molar-refractivity contribution is 0.0951. The van der Waals surface area contributed by atoms with E-state index in [9.17, 15) is 4.79 Å². The molecule has 0 aliphatic carbocycles. The maximum Gasteiger partial charge on any atom is 0.252 e. The van der Waals surface area contributed by atoms with Gasteiger partial charge >= 0.3 is 0 Å². The van der Waals surface area contributed by atoms with Crippen molar-refractivity contribution in [2.24, 2.45) is 0 Å². The second kappa shape index (κ2) is 8.57. The largest absolute Gasteiger partial charge is 0.348 e. The van der Waals surface area contributed by atoms with E-state index in [1.807, 2.05) is 53.3 Å². The van der Waals surface area contributed by atoms with Crippen molar-refractivity contribution in [3.8, 4) is 11.1 Å². The molecule has 3 aromatic carbocycles. The fourth-order valence-electron chi connectivity index (χ4n) is 3.29. The number of aromatic nitrogens is 2. The lowest BCUT2D eigenvalue weighted by Crippen LogP contribution is -2.23. The highest BCUT2D eigenvalue weighted by Crippen LogP contribution is 2.24. The Morgan fingerprint density at radius 3 is 2.34 bits per heavy atom. The van der Waals surface area contributed by atoms with E-state index in [2.05, 4.69) is 53.7 Å². The summed E-state index contributed by atoms with van der Waals surface area (Å²) in [6, 6.07) is 26.1. The van der Waals surface area contributed by atoms with Gasteiger partial charge in [0.1, 0.15) is 0 Å². The summed E-state index contributed by atoms with van der Waals surface area (Å²) in [5, 5.41) is 7.28. The number of carbonyl (C=O) groups excluding carboxylic acids is 1. The van der Waals surface area contributed by atoms with Crippen LogP contribution in [-0.4, -0.2) is 15.7 Å². The van der Waals surface area contributed by atoms with Crippen LogP contribution in [0.15, 0.2) is 91.3 Å². The third kappa shape index (κ3) is 4.61. The lowest BCUT2D eigenvalue weighted by Gasteiger charge is -2.11. The van der Waals surface area contributed by atoms with E-state index in [-0.39, 0.29) is 5.91 Å². The van der Waals surface area contributed by atoms with Gasteiger partial charge < -0.3 is 5.32 Å². The van der Waals surface area contributed by atoms with Crippen LogP contribution < -0.4 is 5.32 Å². The van der Waals surface area contributed by atoms with Crippen molar-refractivity contribution in [3.63, 3.8) is 0 Å². The molecule has 4 aromatic rings. The van der Waals surface area contributed by atoms with E-state index in [0.29, 0.717) is 12.1 Å². The summed E-state index contributed by atoms with van der Waals surface area (Å²) in [5.74, 6) is -0.0678. The van der Waals surface area contributed by atoms with E-state index in [1.165, 1.54) is 11.1 Å². The van der Waals surface area contributed by atoms with Gasteiger partial charge in [-0.05, 0) is 41.3 Å². The maximum atomic E-state index is 12.8. The molecule has 1 N–H and O–H groups in total. The Balaban J connectivity index is 1.50. The topological polar surface area (TPSA) is 46.9 Å². The normalized spacial score (nSPS) is 10.7. The minimum Gasteiger partial charge on any atom is -0.348 e. The van der Waals surface area contributed by atoms with Crippen molar-refractivity contribution in [2.45, 2.75) is 20.0 Å². The van der Waals surface area contributed by atoms with Gasteiger partial charge in [-0.3, -0.25) is 9.48 Å². The summed E-state index contributed by atoms with van der Waals surface area (Å²) in [6.45, 7) is 3.29. The van der Waals surface area contributed by atoms with Crippen LogP contribution in [0.4, 0.5) is 0 Å². The zero-order chi connectivity index (χ0) is 20.1. The fourth-order valence-corrected chi connectivity index (χ4v) is 3.29. The molecule has 1 amide bonds. The van der Waals surface area contributed by atoms with E-state index in [4.69, 9.17) is 0 Å². The predicted molar refractivity (Wildman–Crippen MR) is 116 cm³/mol. The molecule has 0 spiro atoms. The van der Waals surface area contributed by atoms with Crippen LogP contribution in [-0.2, 0) is 13.1 Å². The van der Waals surface area contributed by atoms with Gasteiger partial charge in [0.25, 0.3) is 5.91 Å². The minimum absolute atomic E-state index is 0.0678. The van der Waals surface area contributed by atoms with Crippen molar-refractivity contribution >= 4 is 5.91 Å². The first-order chi connectivity index (χ1) is 14.2. The quantitative estimate of drug-likeness (QED) is 0.520. The minimum atomic E-state index is -0.0678. The van der Waals surface area contributed by atoms with Crippen LogP contribution >= 0.6 is 0 Å². The zero-order valence-corrected chi connectivity index (χ0v) is 16.4. The molecule has 4 heteroatoms. The molecule has 0 aliphatic rings. The van der Waals surface area contributed by atoms with Crippen LogP contribution in [0.1, 0.15) is 27.0 Å². The molecule has 29 heavy (non-hydrogen) atoms. The van der Waals surface area contributed by atoms with Crippen molar-refractivity contribution < 1.29 is 4.79 Å². The standard InChI is InChI=1S/C25H23N3O/c1-19-7-9-20(10-8-19)17-26-25(29)24-6-3-2-5-23(24)22-13-11-21(12-14-22)18-28-16-4-15-27-28/h2-16H,17-18H2,1H3,(H,26,29). The van der Waals surface area contributed by atoms with Gasteiger partial charge in [0, 0.05) is 24.5 Å². The summed E-state index contributed by atoms with van der Waals surface area (Å²) in [6.07, 6.45) is 3.72. The van der Waals surface area contributed by atoms with Crippen LogP contribution in [0, 0.1) is 6.92 Å². The van der Waals surface area contributed by atoms with Gasteiger partial charge in [0.15, 0.2) is 0 Å². The van der Waals surface area contributed by atoms with Crippen LogP contribution in [0.5, 0.6) is 0 Å². The fraction of sp³-hybridized carbons (Fsp3) is 0.120. The third-order valence-electron chi connectivity index (χ3n) is 4.91. The lowest BCUT2D eigenvalue weighted by atomic mass is 9.98. The SMILES string of the molecule is Cc1ccc(CNC(=O)c2ccccc2-c2ccc(Cn3cccn3)cc2)cc1. The number of nitrogens with one attached hydrogen (secondary N) is 1. The summed E-state index contributed by atoms with van der Waals surface area (Å²) in [4.78, 5) is 12.8. The predicted octanol–water partition coefficient (Wildman–Crippen LogP) is 4.84. The third-order valence-corrected chi connectivity index (χ3v) is 4.91. The van der Waals surface area contributed by atoms with Gasteiger partial charge in [-0.1, -0.05) is 72.3 Å². The Hall–Kier alpha value is -3.66. The number of nitrogens with zero attached hydrogens (tertiary/aromatic N) is 2. The first kappa shape index (κ1) is 18.7. The van der Waals surface area contributed by atoms with E-state index >= 15 is 0 Å². The summed E-state index contributed by atoms with van der Waals surface area (Å²) in [5.41, 5.74) is 6.10. The van der Waals surface area contributed by atoms with Gasteiger partial charge in [0.2, 0.25) is 0 Å². The Labute approximate surface area is 170 Å². The highest BCUT2D eigenvalue weighted by atomic mass is 16.1. The first-order valence-electron chi connectivity index (χ1n) is 9.68. The Kier molecular flexibility index (Phi) is 5.52. The van der Waals surface area contributed by atoms with Gasteiger partial charge in [-0.25, -0.2) is 0 Å². The average Bonchev–Trinajstić information content (AvgIpc) is 3.27. The number of hydrogen-bond donors (Lipinski definition) is 1. The number of rotatable bonds is 6. The van der Waals surface area contributed by atoms with Crippen molar-refractivity contribution in [1.29, 1.82) is 0 Å². The summed E-state index contributed by atoms with van der Waals surface area (Å²) < 4.78 is 1.89. The second-order valence-corrected chi connectivity index (χ2v) is 7.11. The second-order valence-electron chi connectivity index (χ2n) is 7.11. The molecule has 1 aromatic heterocycles.